The van der Waals surface area contributed by atoms with Gasteiger partial charge in [0.05, 0.1) is 17.4 Å². The summed E-state index contributed by atoms with van der Waals surface area (Å²) < 4.78 is 38.1. The van der Waals surface area contributed by atoms with E-state index in [1.165, 1.54) is 17.5 Å². The highest BCUT2D eigenvalue weighted by Crippen LogP contribution is 2.32. The van der Waals surface area contributed by atoms with Crippen molar-refractivity contribution in [3.05, 3.63) is 40.2 Å². The van der Waals surface area contributed by atoms with E-state index < -0.39 is 23.8 Å². The number of halogens is 3. The van der Waals surface area contributed by atoms with Gasteiger partial charge in [0.1, 0.15) is 0 Å². The Kier molecular flexibility index (Phi) is 5.34. The topological polar surface area (TPSA) is 88.2 Å². The Labute approximate surface area is 134 Å². The number of amides is 1. The molecule has 1 amide bonds. The van der Waals surface area contributed by atoms with Crippen molar-refractivity contribution >= 4 is 17.2 Å². The van der Waals surface area contributed by atoms with Gasteiger partial charge in [0.25, 0.3) is 5.91 Å². The predicted octanol–water partition coefficient (Wildman–Crippen LogP) is 1.88. The minimum absolute atomic E-state index is 0.00757. The summed E-state index contributed by atoms with van der Waals surface area (Å²) in [6.45, 7) is -0.0125. The molecular weight excluding hydrogens is 331 g/mol. The summed E-state index contributed by atoms with van der Waals surface area (Å²) in [5, 5.41) is 13.3. The molecule has 1 aromatic carbocycles. The highest BCUT2D eigenvalue weighted by molar-refractivity contribution is 7.12. The quantitative estimate of drug-likeness (QED) is 0.772. The number of alkyl halides is 3. The maximum atomic E-state index is 12.7. The Balaban J connectivity index is 2.15. The number of rotatable bonds is 5. The van der Waals surface area contributed by atoms with Crippen LogP contribution in [0, 0.1) is 0 Å². The summed E-state index contributed by atoms with van der Waals surface area (Å²) in [6, 6.07) is 4.73. The Morgan fingerprint density at radius 2 is 2.17 bits per heavy atom. The molecule has 0 spiro atoms. The summed E-state index contributed by atoms with van der Waals surface area (Å²) in [5.41, 5.74) is 5.00. The molecule has 0 bridgehead atoms. The number of hydrogen-bond donors (Lipinski definition) is 3. The van der Waals surface area contributed by atoms with Gasteiger partial charge in [0.15, 0.2) is 5.01 Å². The van der Waals surface area contributed by atoms with Crippen LogP contribution in [0.5, 0.6) is 0 Å². The number of benzene rings is 1. The zero-order chi connectivity index (χ0) is 17.0. The SMILES string of the molecule is NC[C@H](O)CNC(=O)c1nc(-c2cccc(C(F)(F)F)c2)cs1. The molecule has 0 radical (unpaired) electrons. The summed E-state index contributed by atoms with van der Waals surface area (Å²) in [4.78, 5) is 15.9. The molecule has 0 saturated heterocycles. The minimum Gasteiger partial charge on any atom is -0.390 e. The first kappa shape index (κ1) is 17.4. The van der Waals surface area contributed by atoms with Gasteiger partial charge in [-0.15, -0.1) is 11.3 Å². The number of carbonyl (C=O) groups is 1. The van der Waals surface area contributed by atoms with Crippen molar-refractivity contribution in [1.29, 1.82) is 0 Å². The molecule has 5 nitrogen and oxygen atoms in total. The van der Waals surface area contributed by atoms with Crippen LogP contribution in [-0.4, -0.2) is 35.2 Å². The summed E-state index contributed by atoms with van der Waals surface area (Å²) in [7, 11) is 0. The summed E-state index contributed by atoms with van der Waals surface area (Å²) in [5.74, 6) is -0.513. The summed E-state index contributed by atoms with van der Waals surface area (Å²) in [6.07, 6.45) is -5.30. The molecule has 0 unspecified atom stereocenters. The fraction of sp³-hybridized carbons (Fsp3) is 0.286. The standard InChI is InChI=1S/C14H14F3N3O2S/c15-14(16,17)9-3-1-2-8(4-9)11-7-23-13(20-11)12(22)19-6-10(21)5-18/h1-4,7,10,21H,5-6,18H2,(H,19,22)/t10-/m0/s1. The first-order valence-corrected chi connectivity index (χ1v) is 7.48. The number of nitrogens with two attached hydrogens (primary N) is 1. The van der Waals surface area contributed by atoms with Crippen LogP contribution in [0.15, 0.2) is 29.6 Å². The molecule has 23 heavy (non-hydrogen) atoms. The Morgan fingerprint density at radius 1 is 1.43 bits per heavy atom. The third kappa shape index (κ3) is 4.50. The molecular formula is C14H14F3N3O2S. The van der Waals surface area contributed by atoms with Crippen LogP contribution in [0.3, 0.4) is 0 Å². The van der Waals surface area contributed by atoms with E-state index in [-0.39, 0.29) is 29.4 Å². The minimum atomic E-state index is -4.44. The van der Waals surface area contributed by atoms with Crippen molar-refractivity contribution in [1.82, 2.24) is 10.3 Å². The zero-order valence-corrected chi connectivity index (χ0v) is 12.6. The maximum Gasteiger partial charge on any atom is 0.416 e. The maximum absolute atomic E-state index is 12.7. The lowest BCUT2D eigenvalue weighted by Crippen LogP contribution is -2.36. The second kappa shape index (κ2) is 7.07. The van der Waals surface area contributed by atoms with Crippen molar-refractivity contribution in [3.8, 4) is 11.3 Å². The molecule has 0 fully saturated rings. The van der Waals surface area contributed by atoms with E-state index in [0.717, 1.165) is 23.5 Å². The molecule has 0 saturated carbocycles. The predicted molar refractivity (Wildman–Crippen MR) is 79.9 cm³/mol. The second-order valence-electron chi connectivity index (χ2n) is 4.72. The molecule has 1 atom stereocenters. The van der Waals surface area contributed by atoms with Gasteiger partial charge in [-0.1, -0.05) is 12.1 Å². The molecule has 9 heteroatoms. The first-order chi connectivity index (χ1) is 10.8. The van der Waals surface area contributed by atoms with E-state index in [0.29, 0.717) is 0 Å². The molecule has 4 N–H and O–H groups in total. The highest BCUT2D eigenvalue weighted by Gasteiger charge is 2.30. The highest BCUT2D eigenvalue weighted by atomic mass is 32.1. The van der Waals surface area contributed by atoms with Crippen molar-refractivity contribution in [2.75, 3.05) is 13.1 Å². The number of aromatic nitrogens is 1. The van der Waals surface area contributed by atoms with Crippen molar-refractivity contribution in [2.45, 2.75) is 12.3 Å². The normalized spacial score (nSPS) is 12.9. The lowest BCUT2D eigenvalue weighted by molar-refractivity contribution is -0.137. The lowest BCUT2D eigenvalue weighted by Gasteiger charge is -2.08. The first-order valence-electron chi connectivity index (χ1n) is 6.60. The molecule has 0 aliphatic carbocycles. The number of carbonyl (C=O) groups excluding carboxylic acids is 1. The Bertz CT molecular complexity index is 688. The monoisotopic (exact) mass is 345 g/mol. The molecule has 1 heterocycles. The van der Waals surface area contributed by atoms with Crippen LogP contribution in [0.1, 0.15) is 15.4 Å². The Morgan fingerprint density at radius 3 is 2.83 bits per heavy atom. The lowest BCUT2D eigenvalue weighted by atomic mass is 10.1. The van der Waals surface area contributed by atoms with E-state index in [4.69, 9.17) is 5.73 Å². The number of nitrogens with one attached hydrogen (secondary N) is 1. The van der Waals surface area contributed by atoms with Gasteiger partial charge in [-0.2, -0.15) is 13.2 Å². The van der Waals surface area contributed by atoms with Gasteiger partial charge in [-0.05, 0) is 12.1 Å². The Hall–Kier alpha value is -1.97. The van der Waals surface area contributed by atoms with Gasteiger partial charge in [0.2, 0.25) is 0 Å². The molecule has 2 rings (SSSR count). The fourth-order valence-corrected chi connectivity index (χ4v) is 2.48. The largest absolute Gasteiger partial charge is 0.416 e. The van der Waals surface area contributed by atoms with Gasteiger partial charge in [-0.25, -0.2) is 4.98 Å². The molecule has 0 aliphatic rings. The van der Waals surface area contributed by atoms with Crippen LogP contribution in [0.4, 0.5) is 13.2 Å². The van der Waals surface area contributed by atoms with Crippen molar-refractivity contribution < 1.29 is 23.1 Å². The number of aliphatic hydroxyl groups excluding tert-OH is 1. The zero-order valence-electron chi connectivity index (χ0n) is 11.8. The van der Waals surface area contributed by atoms with Crippen molar-refractivity contribution in [2.24, 2.45) is 5.73 Å². The summed E-state index contributed by atoms with van der Waals surface area (Å²) >= 11 is 1.01. The van der Waals surface area contributed by atoms with Crippen LogP contribution >= 0.6 is 11.3 Å². The van der Waals surface area contributed by atoms with Crippen LogP contribution in [0.2, 0.25) is 0 Å². The van der Waals surface area contributed by atoms with Crippen molar-refractivity contribution in [3.63, 3.8) is 0 Å². The number of hydrogen-bond acceptors (Lipinski definition) is 5. The van der Waals surface area contributed by atoms with Crippen LogP contribution < -0.4 is 11.1 Å². The third-order valence-electron chi connectivity index (χ3n) is 2.95. The number of nitrogens with zero attached hydrogens (tertiary/aromatic N) is 1. The van der Waals surface area contributed by atoms with E-state index in [2.05, 4.69) is 10.3 Å². The average molecular weight is 345 g/mol. The molecule has 1 aromatic heterocycles. The van der Waals surface area contributed by atoms with E-state index in [9.17, 15) is 23.1 Å². The van der Waals surface area contributed by atoms with Gasteiger partial charge in [-0.3, -0.25) is 4.79 Å². The van der Waals surface area contributed by atoms with E-state index in [1.54, 1.807) is 0 Å². The van der Waals surface area contributed by atoms with Crippen LogP contribution in [0.25, 0.3) is 11.3 Å². The third-order valence-corrected chi connectivity index (χ3v) is 3.80. The molecule has 124 valence electrons. The molecule has 2 aromatic rings. The van der Waals surface area contributed by atoms with E-state index in [1.807, 2.05) is 0 Å². The van der Waals surface area contributed by atoms with Crippen LogP contribution in [-0.2, 0) is 6.18 Å². The number of thiazole rings is 1. The second-order valence-corrected chi connectivity index (χ2v) is 5.57. The number of aliphatic hydroxyl groups is 1. The van der Waals surface area contributed by atoms with Gasteiger partial charge in [0, 0.05) is 24.0 Å². The van der Waals surface area contributed by atoms with Gasteiger partial charge >= 0.3 is 6.18 Å². The fourth-order valence-electron chi connectivity index (χ4n) is 1.73. The smallest absolute Gasteiger partial charge is 0.390 e. The van der Waals surface area contributed by atoms with E-state index >= 15 is 0 Å². The molecule has 0 aliphatic heterocycles. The van der Waals surface area contributed by atoms with Gasteiger partial charge < -0.3 is 16.2 Å². The average Bonchev–Trinajstić information content (AvgIpc) is 3.01.